The van der Waals surface area contributed by atoms with Gasteiger partial charge in [0.15, 0.2) is 0 Å². The molecule has 2 heterocycles. The number of carbonyl (C=O) groups excluding carboxylic acids is 1. The fourth-order valence-corrected chi connectivity index (χ4v) is 2.10. The second-order valence-electron chi connectivity index (χ2n) is 4.27. The van der Waals surface area contributed by atoms with E-state index in [2.05, 4.69) is 15.0 Å². The van der Waals surface area contributed by atoms with E-state index in [-0.39, 0.29) is 17.3 Å². The highest BCUT2D eigenvalue weighted by atomic mass is 19.4. The first-order valence-electron chi connectivity index (χ1n) is 5.83. The Morgan fingerprint density at radius 2 is 2.21 bits per heavy atom. The van der Waals surface area contributed by atoms with Crippen LogP contribution in [0.3, 0.4) is 0 Å². The summed E-state index contributed by atoms with van der Waals surface area (Å²) in [7, 11) is 1.19. The molecule has 1 aliphatic rings. The number of alkyl halides is 3. The van der Waals surface area contributed by atoms with Crippen LogP contribution in [-0.2, 0) is 10.9 Å². The SMILES string of the molecule is COC(=O)c1ccc(C(F)(F)F)nc1[C@H]1CCCN1. The number of ether oxygens (including phenoxy) is 1. The van der Waals surface area contributed by atoms with Gasteiger partial charge in [-0.2, -0.15) is 13.2 Å². The molecular weight excluding hydrogens is 261 g/mol. The van der Waals surface area contributed by atoms with Crippen molar-refractivity contribution in [2.45, 2.75) is 25.1 Å². The summed E-state index contributed by atoms with van der Waals surface area (Å²) < 4.78 is 42.6. The van der Waals surface area contributed by atoms with Crippen LogP contribution in [0.1, 0.15) is 40.6 Å². The number of hydrogen-bond acceptors (Lipinski definition) is 4. The van der Waals surface area contributed by atoms with Crippen LogP contribution in [0.4, 0.5) is 13.2 Å². The fourth-order valence-electron chi connectivity index (χ4n) is 2.10. The molecule has 0 spiro atoms. The highest BCUT2D eigenvalue weighted by molar-refractivity contribution is 5.90. The van der Waals surface area contributed by atoms with E-state index in [1.54, 1.807) is 0 Å². The predicted molar refractivity (Wildman–Crippen MR) is 60.6 cm³/mol. The summed E-state index contributed by atoms with van der Waals surface area (Å²) >= 11 is 0. The van der Waals surface area contributed by atoms with Gasteiger partial charge in [-0.3, -0.25) is 0 Å². The fraction of sp³-hybridized carbons (Fsp3) is 0.500. The van der Waals surface area contributed by atoms with Crippen molar-refractivity contribution in [1.82, 2.24) is 10.3 Å². The number of hydrogen-bond donors (Lipinski definition) is 1. The average Bonchev–Trinajstić information content (AvgIpc) is 2.89. The second-order valence-corrected chi connectivity index (χ2v) is 4.27. The summed E-state index contributed by atoms with van der Waals surface area (Å²) in [5, 5.41) is 3.03. The van der Waals surface area contributed by atoms with Gasteiger partial charge in [0, 0.05) is 0 Å². The van der Waals surface area contributed by atoms with E-state index >= 15 is 0 Å². The van der Waals surface area contributed by atoms with Gasteiger partial charge in [0.05, 0.1) is 24.4 Å². The average molecular weight is 274 g/mol. The van der Waals surface area contributed by atoms with E-state index in [9.17, 15) is 18.0 Å². The number of carbonyl (C=O) groups is 1. The smallest absolute Gasteiger partial charge is 0.433 e. The number of aromatic nitrogens is 1. The molecule has 1 aromatic rings. The zero-order valence-corrected chi connectivity index (χ0v) is 10.3. The molecule has 1 aromatic heterocycles. The van der Waals surface area contributed by atoms with E-state index in [0.29, 0.717) is 13.0 Å². The van der Waals surface area contributed by atoms with Crippen LogP contribution in [0.15, 0.2) is 12.1 Å². The first-order valence-corrected chi connectivity index (χ1v) is 5.83. The molecule has 1 saturated heterocycles. The molecule has 104 valence electrons. The number of halogens is 3. The van der Waals surface area contributed by atoms with Crippen molar-refractivity contribution >= 4 is 5.97 Å². The van der Waals surface area contributed by atoms with Crippen molar-refractivity contribution in [2.75, 3.05) is 13.7 Å². The number of rotatable bonds is 2. The van der Waals surface area contributed by atoms with Crippen LogP contribution < -0.4 is 5.32 Å². The molecule has 0 unspecified atom stereocenters. The van der Waals surface area contributed by atoms with E-state index < -0.39 is 17.8 Å². The molecule has 0 aromatic carbocycles. The third kappa shape index (κ3) is 2.86. The quantitative estimate of drug-likeness (QED) is 0.841. The Bertz CT molecular complexity index is 482. The first-order chi connectivity index (χ1) is 8.93. The van der Waals surface area contributed by atoms with Gasteiger partial charge in [-0.25, -0.2) is 9.78 Å². The lowest BCUT2D eigenvalue weighted by molar-refractivity contribution is -0.141. The van der Waals surface area contributed by atoms with Gasteiger partial charge in [-0.15, -0.1) is 0 Å². The highest BCUT2D eigenvalue weighted by Crippen LogP contribution is 2.31. The van der Waals surface area contributed by atoms with Crippen LogP contribution in [0, 0.1) is 0 Å². The van der Waals surface area contributed by atoms with Gasteiger partial charge in [0.1, 0.15) is 5.69 Å². The maximum absolute atomic E-state index is 12.7. The Morgan fingerprint density at radius 1 is 1.47 bits per heavy atom. The molecule has 1 atom stereocenters. The molecule has 0 saturated carbocycles. The molecule has 1 fully saturated rings. The maximum atomic E-state index is 12.7. The van der Waals surface area contributed by atoms with Crippen molar-refractivity contribution in [1.29, 1.82) is 0 Å². The number of methoxy groups -OCH3 is 1. The Morgan fingerprint density at radius 3 is 2.74 bits per heavy atom. The molecule has 19 heavy (non-hydrogen) atoms. The summed E-state index contributed by atoms with van der Waals surface area (Å²) in [5.41, 5.74) is -0.807. The number of esters is 1. The highest BCUT2D eigenvalue weighted by Gasteiger charge is 2.35. The Balaban J connectivity index is 2.46. The summed E-state index contributed by atoms with van der Waals surface area (Å²) in [4.78, 5) is 15.2. The lowest BCUT2D eigenvalue weighted by Crippen LogP contribution is -2.21. The topological polar surface area (TPSA) is 51.2 Å². The van der Waals surface area contributed by atoms with Crippen LogP contribution in [-0.4, -0.2) is 24.6 Å². The Hall–Kier alpha value is -1.63. The molecule has 0 bridgehead atoms. The van der Waals surface area contributed by atoms with Gasteiger partial charge in [0.2, 0.25) is 0 Å². The third-order valence-electron chi connectivity index (χ3n) is 3.01. The van der Waals surface area contributed by atoms with Gasteiger partial charge >= 0.3 is 12.1 Å². The van der Waals surface area contributed by atoms with E-state index in [1.807, 2.05) is 0 Å². The first kappa shape index (κ1) is 13.8. The van der Waals surface area contributed by atoms with Crippen LogP contribution in [0.25, 0.3) is 0 Å². The monoisotopic (exact) mass is 274 g/mol. The lowest BCUT2D eigenvalue weighted by atomic mass is 10.0. The lowest BCUT2D eigenvalue weighted by Gasteiger charge is -2.16. The normalized spacial score (nSPS) is 19.5. The molecule has 0 aliphatic carbocycles. The predicted octanol–water partition coefficient (Wildman–Crippen LogP) is 2.31. The molecule has 2 rings (SSSR count). The van der Waals surface area contributed by atoms with Crippen molar-refractivity contribution in [3.8, 4) is 0 Å². The Labute approximate surface area is 108 Å². The molecule has 4 nitrogen and oxygen atoms in total. The number of pyridine rings is 1. The summed E-state index contributed by atoms with van der Waals surface area (Å²) in [6, 6.07) is 1.58. The van der Waals surface area contributed by atoms with Crippen LogP contribution in [0.5, 0.6) is 0 Å². The van der Waals surface area contributed by atoms with E-state index in [4.69, 9.17) is 0 Å². The Kier molecular flexibility index (Phi) is 3.75. The number of nitrogens with one attached hydrogen (secondary N) is 1. The van der Waals surface area contributed by atoms with Gasteiger partial charge in [0.25, 0.3) is 0 Å². The zero-order valence-electron chi connectivity index (χ0n) is 10.3. The second kappa shape index (κ2) is 5.16. The minimum absolute atomic E-state index is 0.0786. The van der Waals surface area contributed by atoms with Crippen molar-refractivity contribution in [3.05, 3.63) is 29.1 Å². The van der Waals surface area contributed by atoms with Crippen molar-refractivity contribution in [2.24, 2.45) is 0 Å². The van der Waals surface area contributed by atoms with Crippen molar-refractivity contribution < 1.29 is 22.7 Å². The number of nitrogens with zero attached hydrogens (tertiary/aromatic N) is 1. The third-order valence-corrected chi connectivity index (χ3v) is 3.01. The van der Waals surface area contributed by atoms with E-state index in [1.165, 1.54) is 7.11 Å². The van der Waals surface area contributed by atoms with E-state index in [0.717, 1.165) is 18.6 Å². The molecule has 7 heteroatoms. The summed E-state index contributed by atoms with van der Waals surface area (Å²) in [5.74, 6) is -0.676. The van der Waals surface area contributed by atoms with Gasteiger partial charge < -0.3 is 10.1 Å². The minimum Gasteiger partial charge on any atom is -0.465 e. The molecule has 1 aliphatic heterocycles. The standard InChI is InChI=1S/C12H13F3N2O2/c1-19-11(18)7-4-5-9(12(13,14)15)17-10(7)8-3-2-6-16-8/h4-5,8,16H,2-3,6H2,1H3/t8-/m1/s1. The zero-order chi connectivity index (χ0) is 14.0. The minimum atomic E-state index is -4.53. The van der Waals surface area contributed by atoms with Crippen LogP contribution in [0.2, 0.25) is 0 Å². The van der Waals surface area contributed by atoms with Crippen LogP contribution >= 0.6 is 0 Å². The van der Waals surface area contributed by atoms with Crippen molar-refractivity contribution in [3.63, 3.8) is 0 Å². The van der Waals surface area contributed by atoms with Gasteiger partial charge in [-0.05, 0) is 31.5 Å². The van der Waals surface area contributed by atoms with Gasteiger partial charge in [-0.1, -0.05) is 0 Å². The molecule has 1 N–H and O–H groups in total. The summed E-state index contributed by atoms with van der Waals surface area (Å²) in [6.07, 6.45) is -3.04. The molecule has 0 amide bonds. The maximum Gasteiger partial charge on any atom is 0.433 e. The largest absolute Gasteiger partial charge is 0.465 e. The molecular formula is C12H13F3N2O2. The summed E-state index contributed by atoms with van der Waals surface area (Å²) in [6.45, 7) is 0.698. The molecule has 0 radical (unpaired) electrons.